The van der Waals surface area contributed by atoms with Crippen LogP contribution in [0.2, 0.25) is 5.02 Å². The molecule has 1 amide bonds. The summed E-state index contributed by atoms with van der Waals surface area (Å²) in [6, 6.07) is 6.21. The van der Waals surface area contributed by atoms with Gasteiger partial charge in [-0.15, -0.1) is 0 Å². The first-order valence-electron chi connectivity index (χ1n) is 11.2. The molecule has 188 valence electrons. The van der Waals surface area contributed by atoms with Crippen molar-refractivity contribution in [1.82, 2.24) is 9.62 Å². The molecule has 1 aliphatic carbocycles. The van der Waals surface area contributed by atoms with Crippen molar-refractivity contribution in [3.8, 4) is 0 Å². The van der Waals surface area contributed by atoms with Crippen LogP contribution in [0.3, 0.4) is 0 Å². The van der Waals surface area contributed by atoms with E-state index in [-0.39, 0.29) is 34.4 Å². The number of nitrogens with zero attached hydrogens (tertiary/aromatic N) is 1. The molecule has 0 spiro atoms. The van der Waals surface area contributed by atoms with Crippen molar-refractivity contribution in [2.75, 3.05) is 18.4 Å². The Labute approximate surface area is 210 Å². The summed E-state index contributed by atoms with van der Waals surface area (Å²) in [5.74, 6) is -1.24. The molecule has 3 N–H and O–H groups in total. The Kier molecular flexibility index (Phi) is 7.63. The van der Waals surface area contributed by atoms with Crippen LogP contribution in [-0.2, 0) is 12.7 Å². The molecule has 1 saturated heterocycles. The molecule has 1 heterocycles. The van der Waals surface area contributed by atoms with Gasteiger partial charge < -0.3 is 10.7 Å². The quantitative estimate of drug-likeness (QED) is 0.220. The van der Waals surface area contributed by atoms with E-state index in [2.05, 4.69) is 10.0 Å². The van der Waals surface area contributed by atoms with Gasteiger partial charge in [0.2, 0.25) is 0 Å². The molecule has 2 aliphatic rings. The zero-order valence-electron chi connectivity index (χ0n) is 18.9. The Bertz CT molecular complexity index is 1140. The number of carbonyl (C=O) groups is 1. The van der Waals surface area contributed by atoms with E-state index in [1.807, 2.05) is 4.90 Å². The van der Waals surface area contributed by atoms with E-state index in [4.69, 9.17) is 17.0 Å². The number of rotatable bonds is 8. The van der Waals surface area contributed by atoms with Crippen molar-refractivity contribution >= 4 is 40.9 Å². The summed E-state index contributed by atoms with van der Waals surface area (Å²) in [4.78, 5) is 14.3. The second-order valence-electron chi connectivity index (χ2n) is 8.92. The topological polar surface area (TPSA) is 68.2 Å². The van der Waals surface area contributed by atoms with Crippen molar-refractivity contribution in [2.45, 2.75) is 50.2 Å². The van der Waals surface area contributed by atoms with Crippen molar-refractivity contribution in [2.24, 2.45) is 0 Å². The van der Waals surface area contributed by atoms with Crippen LogP contribution in [0.15, 0.2) is 30.3 Å². The van der Waals surface area contributed by atoms with E-state index >= 15 is 0 Å². The maximum absolute atomic E-state index is 14.8. The average molecular weight is 529 g/mol. The van der Waals surface area contributed by atoms with Crippen LogP contribution in [-0.4, -0.2) is 40.9 Å². The van der Waals surface area contributed by atoms with Gasteiger partial charge in [0.15, 0.2) is 0 Å². The molecule has 0 bridgehead atoms. The van der Waals surface area contributed by atoms with Gasteiger partial charge in [0, 0.05) is 52.9 Å². The van der Waals surface area contributed by atoms with Gasteiger partial charge in [-0.2, -0.15) is 13.2 Å². The molecule has 2 aromatic carbocycles. The Hall–Kier alpha value is -2.30. The Balaban J connectivity index is 1.45. The Morgan fingerprint density at radius 3 is 2.60 bits per heavy atom. The molecular formula is C24H25ClF4N4OS. The maximum Gasteiger partial charge on any atom is 0.416 e. The third-order valence-electron chi connectivity index (χ3n) is 6.00. The molecule has 0 radical (unpaired) electrons. The summed E-state index contributed by atoms with van der Waals surface area (Å²) in [6.07, 6.45) is -1.83. The van der Waals surface area contributed by atoms with Crippen molar-refractivity contribution < 1.29 is 22.4 Å². The second-order valence-corrected chi connectivity index (χ2v) is 10.5. The fourth-order valence-electron chi connectivity index (χ4n) is 4.06. The van der Waals surface area contributed by atoms with Gasteiger partial charge in [-0.3, -0.25) is 14.4 Å². The first-order valence-corrected chi connectivity index (χ1v) is 12.5. The highest BCUT2D eigenvalue weighted by atomic mass is 35.5. The van der Waals surface area contributed by atoms with E-state index in [0.29, 0.717) is 36.0 Å². The maximum atomic E-state index is 14.8. The minimum atomic E-state index is -4.50. The number of hydrogen-bond donors (Lipinski definition) is 3. The van der Waals surface area contributed by atoms with Crippen LogP contribution in [0.1, 0.15) is 53.2 Å². The van der Waals surface area contributed by atoms with Crippen LogP contribution in [0.25, 0.3) is 0 Å². The van der Waals surface area contributed by atoms with Crippen molar-refractivity contribution in [1.29, 1.82) is 5.41 Å². The predicted octanol–water partition coefficient (Wildman–Crippen LogP) is 6.11. The fourth-order valence-corrected chi connectivity index (χ4v) is 4.99. The summed E-state index contributed by atoms with van der Waals surface area (Å²) in [5.41, 5.74) is 0.227. The lowest BCUT2D eigenvalue weighted by molar-refractivity contribution is -0.138. The minimum Gasteiger partial charge on any atom is -0.380 e. The van der Waals surface area contributed by atoms with Gasteiger partial charge in [-0.05, 0) is 68.0 Å². The molecule has 2 aromatic rings. The standard InChI is InChI=1S/C24H25ClF4N4OS/c1-13(30)18-9-19(23(34)32-35-17-4-5-17)21(26)10-22(18)31-16-6-7-33(12-16)11-14-2-3-15(25)8-20(14)24(27,28)29/h2-3,8-10,16-17,30-31H,4-7,11-12H2,1H3,(H,32,34). The summed E-state index contributed by atoms with van der Waals surface area (Å²) >= 11 is 7.06. The van der Waals surface area contributed by atoms with E-state index in [0.717, 1.165) is 18.9 Å². The van der Waals surface area contributed by atoms with Gasteiger partial charge in [0.05, 0.1) is 11.1 Å². The minimum absolute atomic E-state index is 0.0295. The number of nitrogens with one attached hydrogen (secondary N) is 3. The summed E-state index contributed by atoms with van der Waals surface area (Å²) < 4.78 is 57.8. The molecule has 0 aromatic heterocycles. The number of anilines is 1. The third-order valence-corrected chi connectivity index (χ3v) is 7.34. The summed E-state index contributed by atoms with van der Waals surface area (Å²) in [5, 5.41) is 11.7. The zero-order valence-corrected chi connectivity index (χ0v) is 20.5. The number of amides is 1. The number of carbonyl (C=O) groups excluding carboxylic acids is 1. The van der Waals surface area contributed by atoms with E-state index < -0.39 is 23.5 Å². The molecule has 11 heteroatoms. The van der Waals surface area contributed by atoms with Gasteiger partial charge in [0.1, 0.15) is 5.82 Å². The summed E-state index contributed by atoms with van der Waals surface area (Å²) in [6.45, 7) is 2.65. The molecule has 5 nitrogen and oxygen atoms in total. The van der Waals surface area contributed by atoms with Crippen LogP contribution in [0, 0.1) is 11.2 Å². The normalized spacial score (nSPS) is 18.5. The smallest absolute Gasteiger partial charge is 0.380 e. The molecule has 1 atom stereocenters. The van der Waals surface area contributed by atoms with Crippen LogP contribution in [0.5, 0.6) is 0 Å². The van der Waals surface area contributed by atoms with E-state index in [9.17, 15) is 22.4 Å². The molecule has 1 aliphatic heterocycles. The van der Waals surface area contributed by atoms with E-state index in [1.54, 1.807) is 6.92 Å². The number of halogens is 5. The highest BCUT2D eigenvalue weighted by molar-refractivity contribution is 7.98. The molecule has 35 heavy (non-hydrogen) atoms. The van der Waals surface area contributed by atoms with Gasteiger partial charge in [-0.25, -0.2) is 4.39 Å². The monoisotopic (exact) mass is 528 g/mol. The first kappa shape index (κ1) is 25.8. The van der Waals surface area contributed by atoms with E-state index in [1.165, 1.54) is 36.2 Å². The molecule has 1 unspecified atom stereocenters. The first-order chi connectivity index (χ1) is 16.5. The van der Waals surface area contributed by atoms with Gasteiger partial charge >= 0.3 is 6.18 Å². The lowest BCUT2D eigenvalue weighted by Gasteiger charge is -2.21. The number of hydrogen-bond acceptors (Lipinski definition) is 5. The molecule has 2 fully saturated rings. The number of benzene rings is 2. The lowest BCUT2D eigenvalue weighted by Crippen LogP contribution is -2.27. The van der Waals surface area contributed by atoms with Crippen LogP contribution < -0.4 is 10.0 Å². The largest absolute Gasteiger partial charge is 0.416 e. The van der Waals surface area contributed by atoms with Crippen molar-refractivity contribution in [3.63, 3.8) is 0 Å². The second kappa shape index (κ2) is 10.4. The third kappa shape index (κ3) is 6.48. The highest BCUT2D eigenvalue weighted by Gasteiger charge is 2.35. The predicted molar refractivity (Wildman–Crippen MR) is 131 cm³/mol. The molecule has 1 saturated carbocycles. The molecule has 4 rings (SSSR count). The number of alkyl halides is 3. The number of likely N-dealkylation sites (tertiary alicyclic amines) is 1. The average Bonchev–Trinajstić information content (AvgIpc) is 3.51. The SMILES string of the molecule is CC(=N)c1cc(C(=O)NSC2CC2)c(F)cc1NC1CCN(Cc2ccc(Cl)cc2C(F)(F)F)C1. The van der Waals surface area contributed by atoms with Crippen LogP contribution in [0.4, 0.5) is 23.2 Å². The summed E-state index contributed by atoms with van der Waals surface area (Å²) in [7, 11) is 0. The van der Waals surface area contributed by atoms with Gasteiger partial charge in [-0.1, -0.05) is 17.7 Å². The zero-order chi connectivity index (χ0) is 25.3. The van der Waals surface area contributed by atoms with Crippen molar-refractivity contribution in [3.05, 3.63) is 63.4 Å². The Morgan fingerprint density at radius 1 is 1.20 bits per heavy atom. The van der Waals surface area contributed by atoms with Crippen LogP contribution >= 0.6 is 23.5 Å². The Morgan fingerprint density at radius 2 is 1.94 bits per heavy atom. The van der Waals surface area contributed by atoms with Gasteiger partial charge in [0.25, 0.3) is 5.91 Å². The lowest BCUT2D eigenvalue weighted by atomic mass is 10.0. The fraction of sp³-hybridized carbons (Fsp3) is 0.417. The highest BCUT2D eigenvalue weighted by Crippen LogP contribution is 2.35. The molecular weight excluding hydrogens is 504 g/mol.